The first-order valence-electron chi connectivity index (χ1n) is 3.38. The first-order valence-corrected chi connectivity index (χ1v) is 4.95. The first-order chi connectivity index (χ1) is 4.70. The molecule has 4 heteroatoms. The van der Waals surface area contributed by atoms with Gasteiger partial charge in [-0.1, -0.05) is 0 Å². The van der Waals surface area contributed by atoms with Crippen LogP contribution in [0.25, 0.3) is 0 Å². The summed E-state index contributed by atoms with van der Waals surface area (Å²) in [5.74, 6) is 1.22. The zero-order valence-corrected chi connectivity index (χ0v) is 8.16. The monoisotopic (exact) mass is 178 g/mol. The molecule has 0 spiro atoms. The van der Waals surface area contributed by atoms with E-state index >= 15 is 0 Å². The Labute approximate surface area is 72.4 Å². The molecule has 0 aliphatic carbocycles. The second kappa shape index (κ2) is 3.85. The van der Waals surface area contributed by atoms with Crippen LogP contribution in [0.3, 0.4) is 0 Å². The molecule has 1 heterocycles. The van der Waals surface area contributed by atoms with Crippen LogP contribution in [-0.4, -0.2) is 47.6 Å². The quantitative estimate of drug-likeness (QED) is 0.624. The molecule has 1 unspecified atom stereocenters. The summed E-state index contributed by atoms with van der Waals surface area (Å²) in [6.07, 6.45) is 0. The summed E-state index contributed by atoms with van der Waals surface area (Å²) < 4.78 is 0.419. The van der Waals surface area contributed by atoms with E-state index in [4.69, 9.17) is 0 Å². The van der Waals surface area contributed by atoms with Crippen LogP contribution in [0.5, 0.6) is 0 Å². The van der Waals surface area contributed by atoms with Crippen molar-refractivity contribution >= 4 is 24.4 Å². The predicted octanol–water partition coefficient (Wildman–Crippen LogP) is 0.768. The lowest BCUT2D eigenvalue weighted by Gasteiger charge is -2.22. The third-order valence-electron chi connectivity index (χ3n) is 1.42. The van der Waals surface area contributed by atoms with Crippen molar-refractivity contribution < 1.29 is 0 Å². The smallest absolute Gasteiger partial charge is 0.101 e. The Morgan fingerprint density at radius 3 is 2.80 bits per heavy atom. The van der Waals surface area contributed by atoms with Gasteiger partial charge in [0.1, 0.15) is 4.71 Å². The molecule has 0 saturated carbocycles. The number of thiol groups is 1. The van der Waals surface area contributed by atoms with Gasteiger partial charge in [-0.25, -0.2) is 0 Å². The molecule has 0 bridgehead atoms. The van der Waals surface area contributed by atoms with Gasteiger partial charge in [-0.05, 0) is 14.1 Å². The van der Waals surface area contributed by atoms with Crippen LogP contribution >= 0.6 is 24.4 Å². The van der Waals surface area contributed by atoms with Crippen LogP contribution in [0.1, 0.15) is 0 Å². The largest absolute Gasteiger partial charge is 0.297 e. The third-order valence-corrected chi connectivity index (χ3v) is 3.21. The van der Waals surface area contributed by atoms with Gasteiger partial charge in [0.15, 0.2) is 0 Å². The van der Waals surface area contributed by atoms with Gasteiger partial charge in [0.2, 0.25) is 0 Å². The maximum atomic E-state index is 4.42. The lowest BCUT2D eigenvalue weighted by Crippen LogP contribution is -2.34. The molecule has 2 nitrogen and oxygen atoms in total. The van der Waals surface area contributed by atoms with Gasteiger partial charge in [0, 0.05) is 12.3 Å². The van der Waals surface area contributed by atoms with Gasteiger partial charge in [-0.3, -0.25) is 9.80 Å². The molecule has 0 amide bonds. The topological polar surface area (TPSA) is 6.48 Å². The molecule has 1 fully saturated rings. The summed E-state index contributed by atoms with van der Waals surface area (Å²) in [4.78, 5) is 4.53. The zero-order valence-electron chi connectivity index (χ0n) is 6.45. The predicted molar refractivity (Wildman–Crippen MR) is 50.5 cm³/mol. The normalized spacial score (nSPS) is 28.2. The summed E-state index contributed by atoms with van der Waals surface area (Å²) in [7, 11) is 4.17. The average Bonchev–Trinajstić information content (AvgIpc) is 2.15. The van der Waals surface area contributed by atoms with Crippen molar-refractivity contribution in [2.24, 2.45) is 0 Å². The standard InChI is InChI=1S/C6H14N2S2/c1-7(2)5-8-3-4-10-6(8)9/h6,9H,3-5H2,1-2H3. The van der Waals surface area contributed by atoms with E-state index in [-0.39, 0.29) is 0 Å². The third kappa shape index (κ3) is 2.34. The molecule has 10 heavy (non-hydrogen) atoms. The van der Waals surface area contributed by atoms with E-state index in [0.717, 1.165) is 6.67 Å². The summed E-state index contributed by atoms with van der Waals surface area (Å²) in [5.41, 5.74) is 0. The van der Waals surface area contributed by atoms with Crippen LogP contribution in [0.15, 0.2) is 0 Å². The molecule has 1 atom stereocenters. The maximum Gasteiger partial charge on any atom is 0.101 e. The van der Waals surface area contributed by atoms with Crippen molar-refractivity contribution in [3.63, 3.8) is 0 Å². The Bertz CT molecular complexity index is 108. The highest BCUT2D eigenvalue weighted by atomic mass is 32.2. The Balaban J connectivity index is 2.26. The molecule has 1 rings (SSSR count). The second-order valence-electron chi connectivity index (χ2n) is 2.73. The molecule has 1 saturated heterocycles. The number of hydrogen-bond acceptors (Lipinski definition) is 4. The second-order valence-corrected chi connectivity index (χ2v) is 4.76. The van der Waals surface area contributed by atoms with Crippen molar-refractivity contribution in [1.82, 2.24) is 9.80 Å². The SMILES string of the molecule is CN(C)CN1CCSC1S. The molecule has 1 aliphatic rings. The zero-order chi connectivity index (χ0) is 7.56. The highest BCUT2D eigenvalue weighted by Crippen LogP contribution is 2.25. The Morgan fingerprint density at radius 1 is 1.70 bits per heavy atom. The minimum absolute atomic E-state index is 0.419. The fourth-order valence-electron chi connectivity index (χ4n) is 0.995. The van der Waals surface area contributed by atoms with Crippen molar-refractivity contribution in [3.8, 4) is 0 Å². The molecular formula is C6H14N2S2. The molecule has 0 aromatic carbocycles. The highest BCUT2D eigenvalue weighted by Gasteiger charge is 2.21. The highest BCUT2D eigenvalue weighted by molar-refractivity contribution is 8.10. The van der Waals surface area contributed by atoms with E-state index in [2.05, 4.69) is 36.5 Å². The Kier molecular flexibility index (Phi) is 3.36. The van der Waals surface area contributed by atoms with Crippen LogP contribution < -0.4 is 0 Å². The van der Waals surface area contributed by atoms with Gasteiger partial charge < -0.3 is 0 Å². The first kappa shape index (κ1) is 8.71. The molecule has 0 aromatic heterocycles. The van der Waals surface area contributed by atoms with E-state index in [1.807, 2.05) is 11.8 Å². The molecule has 1 aliphatic heterocycles. The molecule has 0 aromatic rings. The van der Waals surface area contributed by atoms with Crippen molar-refractivity contribution in [2.75, 3.05) is 33.1 Å². The van der Waals surface area contributed by atoms with Gasteiger partial charge in [0.05, 0.1) is 6.67 Å². The van der Waals surface area contributed by atoms with Gasteiger partial charge >= 0.3 is 0 Å². The Morgan fingerprint density at radius 2 is 2.40 bits per heavy atom. The summed E-state index contributed by atoms with van der Waals surface area (Å²) in [6, 6.07) is 0. The minimum Gasteiger partial charge on any atom is -0.297 e. The number of rotatable bonds is 2. The number of hydrogen-bond donors (Lipinski definition) is 1. The van der Waals surface area contributed by atoms with Gasteiger partial charge in [-0.15, -0.1) is 24.4 Å². The minimum atomic E-state index is 0.419. The average molecular weight is 178 g/mol. The van der Waals surface area contributed by atoms with Crippen LogP contribution in [0, 0.1) is 0 Å². The summed E-state index contributed by atoms with van der Waals surface area (Å²) in [6.45, 7) is 2.21. The number of thioether (sulfide) groups is 1. The summed E-state index contributed by atoms with van der Waals surface area (Å²) in [5, 5.41) is 0. The maximum absolute atomic E-state index is 4.42. The molecule has 0 radical (unpaired) electrons. The van der Waals surface area contributed by atoms with Crippen molar-refractivity contribution in [1.29, 1.82) is 0 Å². The van der Waals surface area contributed by atoms with E-state index in [9.17, 15) is 0 Å². The fourth-order valence-corrected chi connectivity index (χ4v) is 2.43. The van der Waals surface area contributed by atoms with E-state index in [0.29, 0.717) is 4.71 Å². The van der Waals surface area contributed by atoms with E-state index in [1.165, 1.54) is 12.3 Å². The van der Waals surface area contributed by atoms with Crippen molar-refractivity contribution in [3.05, 3.63) is 0 Å². The van der Waals surface area contributed by atoms with E-state index in [1.54, 1.807) is 0 Å². The van der Waals surface area contributed by atoms with Crippen LogP contribution in [0.2, 0.25) is 0 Å². The summed E-state index contributed by atoms with van der Waals surface area (Å²) >= 11 is 6.34. The van der Waals surface area contributed by atoms with Gasteiger partial charge in [-0.2, -0.15) is 0 Å². The fraction of sp³-hybridized carbons (Fsp3) is 1.00. The van der Waals surface area contributed by atoms with Crippen LogP contribution in [0.4, 0.5) is 0 Å². The van der Waals surface area contributed by atoms with E-state index < -0.39 is 0 Å². The molecule has 60 valence electrons. The Hall–Kier alpha value is 0.620. The lowest BCUT2D eigenvalue weighted by atomic mass is 10.6. The van der Waals surface area contributed by atoms with Crippen molar-refractivity contribution in [2.45, 2.75) is 4.71 Å². The molecular weight excluding hydrogens is 164 g/mol. The van der Waals surface area contributed by atoms with Crippen LogP contribution in [-0.2, 0) is 0 Å². The number of nitrogens with zero attached hydrogens (tertiary/aromatic N) is 2. The van der Waals surface area contributed by atoms with Gasteiger partial charge in [0.25, 0.3) is 0 Å². The lowest BCUT2D eigenvalue weighted by molar-refractivity contribution is 0.211. The molecule has 0 N–H and O–H groups in total.